The van der Waals surface area contributed by atoms with Crippen LogP contribution in [0.5, 0.6) is 0 Å². The van der Waals surface area contributed by atoms with Gasteiger partial charge in [0.05, 0.1) is 17.8 Å². The van der Waals surface area contributed by atoms with Gasteiger partial charge < -0.3 is 29.7 Å². The Morgan fingerprint density at radius 3 is 2.52 bits per heavy atom. The van der Waals surface area contributed by atoms with Crippen molar-refractivity contribution in [2.75, 3.05) is 31.1 Å². The molecule has 3 heterocycles. The summed E-state index contributed by atoms with van der Waals surface area (Å²) < 4.78 is 12.1. The van der Waals surface area contributed by atoms with Crippen LogP contribution in [-0.2, 0) is 14.1 Å². The zero-order valence-corrected chi connectivity index (χ0v) is 17.6. The van der Waals surface area contributed by atoms with E-state index in [1.54, 1.807) is 12.4 Å². The molecular weight excluding hydrogens is 375 g/mol. The van der Waals surface area contributed by atoms with Gasteiger partial charge in [-0.2, -0.15) is 0 Å². The summed E-state index contributed by atoms with van der Waals surface area (Å²) in [6, 6.07) is 0. The lowest BCUT2D eigenvalue weighted by atomic mass is 9.81. The molecule has 0 aliphatic carbocycles. The highest BCUT2D eigenvalue weighted by atomic mass is 16.7. The van der Waals surface area contributed by atoms with Crippen LogP contribution in [0.25, 0.3) is 0 Å². The highest BCUT2D eigenvalue weighted by molar-refractivity contribution is 6.61. The second-order valence-electron chi connectivity index (χ2n) is 8.80. The number of hydrogen-bond acceptors (Lipinski definition) is 8. The third-order valence-corrected chi connectivity index (χ3v) is 6.03. The molecule has 2 unspecified atom stereocenters. The van der Waals surface area contributed by atoms with E-state index in [4.69, 9.17) is 14.4 Å². The first-order valence-corrected chi connectivity index (χ1v) is 10.1. The average Bonchev–Trinajstić information content (AvgIpc) is 2.93. The van der Waals surface area contributed by atoms with Crippen molar-refractivity contribution < 1.29 is 24.3 Å². The Labute approximate surface area is 172 Å². The smallest absolute Gasteiger partial charge is 0.399 e. The summed E-state index contributed by atoms with van der Waals surface area (Å²) in [6.07, 6.45) is 4.05. The number of amides is 1. The highest BCUT2D eigenvalue weighted by Crippen LogP contribution is 2.36. The van der Waals surface area contributed by atoms with Gasteiger partial charge in [0.25, 0.3) is 5.91 Å². The largest absolute Gasteiger partial charge is 0.498 e. The minimum atomic E-state index is -1.37. The van der Waals surface area contributed by atoms with Crippen molar-refractivity contribution >= 4 is 24.4 Å². The molecule has 2 atom stereocenters. The van der Waals surface area contributed by atoms with Crippen LogP contribution in [0, 0.1) is 5.92 Å². The number of rotatable bonds is 6. The van der Waals surface area contributed by atoms with Gasteiger partial charge in [0.1, 0.15) is 0 Å². The number of anilines is 1. The van der Waals surface area contributed by atoms with Crippen LogP contribution in [0.3, 0.4) is 0 Å². The van der Waals surface area contributed by atoms with Crippen LogP contribution >= 0.6 is 0 Å². The summed E-state index contributed by atoms with van der Waals surface area (Å²) in [7, 11) is -0.490. The van der Waals surface area contributed by atoms with E-state index in [1.165, 1.54) is 0 Å². The van der Waals surface area contributed by atoms with Crippen molar-refractivity contribution in [1.29, 1.82) is 0 Å². The van der Waals surface area contributed by atoms with Crippen LogP contribution in [-0.4, -0.2) is 76.8 Å². The maximum Gasteiger partial charge on any atom is 0.498 e. The number of aromatic nitrogens is 2. The normalized spacial score (nSPS) is 24.4. The molecule has 160 valence electrons. The third-order valence-electron chi connectivity index (χ3n) is 6.03. The van der Waals surface area contributed by atoms with Crippen LogP contribution in [0.1, 0.15) is 40.5 Å². The summed E-state index contributed by atoms with van der Waals surface area (Å²) in [4.78, 5) is 22.8. The first-order valence-electron chi connectivity index (χ1n) is 10.1. The minimum absolute atomic E-state index is 0.227. The first-order chi connectivity index (χ1) is 13.6. The van der Waals surface area contributed by atoms with Gasteiger partial charge in [-0.1, -0.05) is 0 Å². The van der Waals surface area contributed by atoms with E-state index in [0.717, 1.165) is 24.8 Å². The second-order valence-corrected chi connectivity index (χ2v) is 8.80. The van der Waals surface area contributed by atoms with Crippen LogP contribution < -0.4 is 15.7 Å². The van der Waals surface area contributed by atoms with Crippen molar-refractivity contribution in [3.63, 3.8) is 0 Å². The second kappa shape index (κ2) is 8.55. The van der Waals surface area contributed by atoms with E-state index in [2.05, 4.69) is 20.2 Å². The van der Waals surface area contributed by atoms with Gasteiger partial charge >= 0.3 is 7.12 Å². The van der Waals surface area contributed by atoms with Crippen LogP contribution in [0.2, 0.25) is 0 Å². The summed E-state index contributed by atoms with van der Waals surface area (Å²) in [5.41, 5.74) is -0.0409. The van der Waals surface area contributed by atoms with Crippen molar-refractivity contribution in [1.82, 2.24) is 15.3 Å². The Morgan fingerprint density at radius 1 is 1.31 bits per heavy atom. The Balaban J connectivity index is 1.58. The van der Waals surface area contributed by atoms with Gasteiger partial charge in [0, 0.05) is 37.5 Å². The number of nitrogens with one attached hydrogen (secondary N) is 1. The van der Waals surface area contributed by atoms with E-state index in [-0.39, 0.29) is 5.92 Å². The van der Waals surface area contributed by atoms with E-state index in [0.29, 0.717) is 19.0 Å². The molecule has 1 aromatic heterocycles. The van der Waals surface area contributed by atoms with Crippen molar-refractivity contribution in [2.45, 2.75) is 57.8 Å². The van der Waals surface area contributed by atoms with Gasteiger partial charge in [0.15, 0.2) is 6.10 Å². The maximum absolute atomic E-state index is 11.6. The molecule has 9 nitrogen and oxygen atoms in total. The predicted molar refractivity (Wildman–Crippen MR) is 109 cm³/mol. The molecule has 2 aliphatic rings. The monoisotopic (exact) mass is 406 g/mol. The van der Waals surface area contributed by atoms with Crippen LogP contribution in [0.15, 0.2) is 12.4 Å². The number of carbonyl (C=O) groups is 1. The molecule has 0 bridgehead atoms. The molecule has 3 N–H and O–H groups in total. The molecule has 2 aliphatic heterocycles. The van der Waals surface area contributed by atoms with Gasteiger partial charge in [-0.05, 0) is 46.5 Å². The molecule has 0 saturated carbocycles. The fourth-order valence-electron chi connectivity index (χ4n) is 3.45. The number of aliphatic hydroxyl groups excluding tert-OH is 2. The lowest BCUT2D eigenvalue weighted by molar-refractivity contribution is -0.131. The number of aliphatic hydroxyl groups is 2. The Morgan fingerprint density at radius 2 is 1.93 bits per heavy atom. The molecule has 0 aromatic carbocycles. The maximum atomic E-state index is 11.6. The topological polar surface area (TPSA) is 117 Å². The first kappa shape index (κ1) is 22.0. The highest BCUT2D eigenvalue weighted by Gasteiger charge is 2.52. The Hall–Kier alpha value is -1.75. The molecular formula is C19H31BN4O5. The molecule has 0 radical (unpaired) electrons. The molecule has 10 heteroatoms. The third kappa shape index (κ3) is 4.88. The lowest BCUT2D eigenvalue weighted by Gasteiger charge is -2.33. The van der Waals surface area contributed by atoms with E-state index >= 15 is 0 Å². The number of nitrogens with zero attached hydrogens (tertiary/aromatic N) is 3. The molecule has 2 saturated heterocycles. The lowest BCUT2D eigenvalue weighted by Crippen LogP contribution is -2.44. The number of hydrogen-bond donors (Lipinski definition) is 3. The van der Waals surface area contributed by atoms with E-state index < -0.39 is 36.9 Å². The van der Waals surface area contributed by atoms with E-state index in [1.807, 2.05) is 27.7 Å². The SMILES string of the molecule is CC1(C)OB(c2cnc(N3CCCC(CNC(=O)C(O)CO)C3)nc2)OC1(C)C. The standard InChI is InChI=1S/C19H31BN4O5/c1-18(2)19(3,4)29-20(28-18)14-9-22-17(23-10-14)24-7-5-6-13(11-24)8-21-16(27)15(26)12-25/h9-10,13,15,25-26H,5-8,11-12H2,1-4H3,(H,21,27). The van der Waals surface area contributed by atoms with Gasteiger partial charge in [-0.25, -0.2) is 9.97 Å². The van der Waals surface area contributed by atoms with Crippen molar-refractivity contribution in [3.05, 3.63) is 12.4 Å². The van der Waals surface area contributed by atoms with Crippen LogP contribution in [0.4, 0.5) is 5.95 Å². The van der Waals surface area contributed by atoms with Crippen molar-refractivity contribution in [2.24, 2.45) is 5.92 Å². The Bertz CT molecular complexity index is 699. The summed E-state index contributed by atoms with van der Waals surface area (Å²) in [5, 5.41) is 20.9. The fourth-order valence-corrected chi connectivity index (χ4v) is 3.45. The molecule has 2 fully saturated rings. The molecule has 1 aromatic rings. The average molecular weight is 406 g/mol. The predicted octanol–water partition coefficient (Wildman–Crippen LogP) is -0.538. The number of piperidine rings is 1. The zero-order chi connectivity index (χ0) is 21.2. The minimum Gasteiger partial charge on any atom is -0.399 e. The van der Waals surface area contributed by atoms with E-state index in [9.17, 15) is 9.90 Å². The van der Waals surface area contributed by atoms with Gasteiger partial charge in [0.2, 0.25) is 5.95 Å². The Kier molecular flexibility index (Phi) is 6.47. The van der Waals surface area contributed by atoms with Gasteiger partial charge in [-0.15, -0.1) is 0 Å². The summed E-state index contributed by atoms with van der Waals surface area (Å²) in [5.74, 6) is 0.314. The molecule has 1 amide bonds. The molecule has 29 heavy (non-hydrogen) atoms. The zero-order valence-electron chi connectivity index (χ0n) is 17.6. The quantitative estimate of drug-likeness (QED) is 0.540. The molecule has 3 rings (SSSR count). The summed E-state index contributed by atoms with van der Waals surface area (Å²) in [6.45, 7) is 9.46. The molecule has 0 spiro atoms. The summed E-state index contributed by atoms with van der Waals surface area (Å²) >= 11 is 0. The van der Waals surface area contributed by atoms with Gasteiger partial charge in [-0.3, -0.25) is 4.79 Å². The fraction of sp³-hybridized carbons (Fsp3) is 0.737. The number of carbonyl (C=O) groups excluding carboxylic acids is 1. The van der Waals surface area contributed by atoms with Crippen molar-refractivity contribution in [3.8, 4) is 0 Å².